The van der Waals surface area contributed by atoms with E-state index in [-0.39, 0.29) is 6.61 Å². The van der Waals surface area contributed by atoms with E-state index in [0.29, 0.717) is 6.73 Å². The second-order valence-electron chi connectivity index (χ2n) is 4.41. The summed E-state index contributed by atoms with van der Waals surface area (Å²) in [6.45, 7) is 1.44. The molecule has 1 aliphatic heterocycles. The fourth-order valence-corrected chi connectivity index (χ4v) is 2.17. The lowest BCUT2D eigenvalue weighted by Gasteiger charge is -2.31. The van der Waals surface area contributed by atoms with Gasteiger partial charge in [-0.25, -0.2) is 0 Å². The first-order chi connectivity index (χ1) is 8.86. The van der Waals surface area contributed by atoms with Gasteiger partial charge in [0.25, 0.3) is 0 Å². The molecular weight excluding hydrogens is 226 g/mol. The predicted octanol–water partition coefficient (Wildman–Crippen LogP) is 2.54. The fraction of sp³-hybridized carbons (Fsp3) is 0.200. The van der Waals surface area contributed by atoms with E-state index in [4.69, 9.17) is 9.84 Å². The average molecular weight is 241 g/mol. The topological polar surface area (TPSA) is 32.7 Å². The molecule has 0 saturated carbocycles. The molecule has 18 heavy (non-hydrogen) atoms. The number of ether oxygens (including phenoxy) is 1. The van der Waals surface area contributed by atoms with E-state index < -0.39 is 0 Å². The predicted molar refractivity (Wildman–Crippen MR) is 70.5 cm³/mol. The van der Waals surface area contributed by atoms with Gasteiger partial charge in [0.15, 0.2) is 6.73 Å². The first kappa shape index (κ1) is 11.1. The van der Waals surface area contributed by atoms with Crippen LogP contribution >= 0.6 is 0 Å². The smallest absolute Gasteiger partial charge is 0.161 e. The molecule has 0 bridgehead atoms. The summed E-state index contributed by atoms with van der Waals surface area (Å²) >= 11 is 0. The lowest BCUT2D eigenvalue weighted by atomic mass is 10.1. The Morgan fingerprint density at radius 1 is 1.11 bits per heavy atom. The number of rotatable bonds is 2. The van der Waals surface area contributed by atoms with Crippen LogP contribution in [0.4, 0.5) is 5.69 Å². The van der Waals surface area contributed by atoms with Crippen LogP contribution in [0.5, 0.6) is 5.75 Å². The average Bonchev–Trinajstić information content (AvgIpc) is 2.47. The van der Waals surface area contributed by atoms with Crippen molar-refractivity contribution in [2.75, 3.05) is 11.6 Å². The highest BCUT2D eigenvalue weighted by Gasteiger charge is 2.17. The number of nitrogens with zero attached hydrogens (tertiary/aromatic N) is 1. The normalized spacial score (nSPS) is 13.9. The van der Waals surface area contributed by atoms with E-state index >= 15 is 0 Å². The number of hydrogen-bond donors (Lipinski definition) is 1. The van der Waals surface area contributed by atoms with Crippen molar-refractivity contribution in [2.24, 2.45) is 0 Å². The van der Waals surface area contributed by atoms with Gasteiger partial charge in [0.05, 0.1) is 6.61 Å². The maximum absolute atomic E-state index is 9.10. The molecule has 3 rings (SSSR count). The summed E-state index contributed by atoms with van der Waals surface area (Å²) < 4.78 is 5.75. The highest BCUT2D eigenvalue weighted by Crippen LogP contribution is 2.29. The van der Waals surface area contributed by atoms with Gasteiger partial charge in [-0.05, 0) is 23.8 Å². The molecule has 0 spiro atoms. The summed E-state index contributed by atoms with van der Waals surface area (Å²) in [7, 11) is 0. The number of anilines is 1. The standard InChI is InChI=1S/C15H15NO2/c17-10-12-6-7-13-9-16(11-18-15(13)8-12)14-4-2-1-3-5-14/h1-8,17H,9-11H2. The SMILES string of the molecule is OCc1ccc2c(c1)OCN(c1ccccc1)C2. The van der Waals surface area contributed by atoms with Crippen LogP contribution in [0.25, 0.3) is 0 Å². The zero-order chi connectivity index (χ0) is 12.4. The Balaban J connectivity index is 1.85. The molecule has 0 aliphatic carbocycles. The Kier molecular flexibility index (Phi) is 2.90. The van der Waals surface area contributed by atoms with Crippen molar-refractivity contribution in [3.05, 3.63) is 59.7 Å². The molecule has 0 amide bonds. The molecule has 0 unspecified atom stereocenters. The number of para-hydroxylation sites is 1. The van der Waals surface area contributed by atoms with Crippen molar-refractivity contribution in [3.63, 3.8) is 0 Å². The highest BCUT2D eigenvalue weighted by molar-refractivity contribution is 5.50. The monoisotopic (exact) mass is 241 g/mol. The minimum atomic E-state index is 0.0546. The van der Waals surface area contributed by atoms with Crippen LogP contribution < -0.4 is 9.64 Å². The number of aliphatic hydroxyl groups is 1. The second-order valence-corrected chi connectivity index (χ2v) is 4.41. The van der Waals surface area contributed by atoms with Gasteiger partial charge in [-0.3, -0.25) is 0 Å². The van der Waals surface area contributed by atoms with Gasteiger partial charge in [0.2, 0.25) is 0 Å². The van der Waals surface area contributed by atoms with Crippen molar-refractivity contribution in [1.82, 2.24) is 0 Å². The van der Waals surface area contributed by atoms with Crippen LogP contribution in [-0.2, 0) is 13.2 Å². The summed E-state index contributed by atoms with van der Waals surface area (Å²) in [5.41, 5.74) is 3.21. The largest absolute Gasteiger partial charge is 0.473 e. The minimum Gasteiger partial charge on any atom is -0.473 e. The van der Waals surface area contributed by atoms with Crippen molar-refractivity contribution < 1.29 is 9.84 Å². The van der Waals surface area contributed by atoms with Crippen LogP contribution in [0.2, 0.25) is 0 Å². The Bertz CT molecular complexity index is 539. The van der Waals surface area contributed by atoms with Crippen LogP contribution in [0.15, 0.2) is 48.5 Å². The van der Waals surface area contributed by atoms with Crippen LogP contribution in [0, 0.1) is 0 Å². The molecule has 1 N–H and O–H groups in total. The summed E-state index contributed by atoms with van der Waals surface area (Å²) in [5.74, 6) is 0.883. The van der Waals surface area contributed by atoms with E-state index in [1.807, 2.05) is 36.4 Å². The molecule has 0 fully saturated rings. The minimum absolute atomic E-state index is 0.0546. The van der Waals surface area contributed by atoms with E-state index in [2.05, 4.69) is 17.0 Å². The molecular formula is C15H15NO2. The van der Waals surface area contributed by atoms with E-state index in [1.54, 1.807) is 0 Å². The van der Waals surface area contributed by atoms with Gasteiger partial charge in [0, 0.05) is 17.8 Å². The molecule has 1 heterocycles. The molecule has 1 aliphatic rings. The van der Waals surface area contributed by atoms with Gasteiger partial charge in [-0.1, -0.05) is 30.3 Å². The van der Waals surface area contributed by atoms with E-state index in [1.165, 1.54) is 0 Å². The summed E-state index contributed by atoms with van der Waals surface area (Å²) in [6, 6.07) is 16.1. The van der Waals surface area contributed by atoms with E-state index in [9.17, 15) is 0 Å². The van der Waals surface area contributed by atoms with Crippen LogP contribution in [0.3, 0.4) is 0 Å². The third kappa shape index (κ3) is 2.05. The molecule has 92 valence electrons. The van der Waals surface area contributed by atoms with Gasteiger partial charge >= 0.3 is 0 Å². The third-order valence-electron chi connectivity index (χ3n) is 3.17. The van der Waals surface area contributed by atoms with E-state index in [0.717, 1.165) is 29.1 Å². The van der Waals surface area contributed by atoms with Crippen molar-refractivity contribution >= 4 is 5.69 Å². The number of aliphatic hydroxyl groups excluding tert-OH is 1. The third-order valence-corrected chi connectivity index (χ3v) is 3.17. The summed E-state index contributed by atoms with van der Waals surface area (Å²) in [4.78, 5) is 2.18. The molecule has 0 radical (unpaired) electrons. The maximum Gasteiger partial charge on any atom is 0.161 e. The first-order valence-corrected chi connectivity index (χ1v) is 6.02. The van der Waals surface area contributed by atoms with Crippen LogP contribution in [0.1, 0.15) is 11.1 Å². The molecule has 0 saturated heterocycles. The fourth-order valence-electron chi connectivity index (χ4n) is 2.17. The molecule has 3 nitrogen and oxygen atoms in total. The zero-order valence-electron chi connectivity index (χ0n) is 10.0. The Morgan fingerprint density at radius 3 is 2.72 bits per heavy atom. The molecule has 0 aromatic heterocycles. The van der Waals surface area contributed by atoms with Gasteiger partial charge in [-0.2, -0.15) is 0 Å². The van der Waals surface area contributed by atoms with Gasteiger partial charge in [-0.15, -0.1) is 0 Å². The number of hydrogen-bond acceptors (Lipinski definition) is 3. The van der Waals surface area contributed by atoms with Gasteiger partial charge < -0.3 is 14.7 Å². The first-order valence-electron chi connectivity index (χ1n) is 6.02. The molecule has 0 atom stereocenters. The second kappa shape index (κ2) is 4.70. The van der Waals surface area contributed by atoms with Gasteiger partial charge in [0.1, 0.15) is 5.75 Å². The Labute approximate surface area is 106 Å². The number of fused-ring (bicyclic) bond motifs is 1. The molecule has 2 aromatic rings. The lowest BCUT2D eigenvalue weighted by Crippen LogP contribution is -2.31. The molecule has 2 aromatic carbocycles. The number of benzene rings is 2. The Hall–Kier alpha value is -2.00. The summed E-state index contributed by atoms with van der Waals surface area (Å²) in [5, 5.41) is 9.10. The van der Waals surface area contributed by atoms with Crippen LogP contribution in [-0.4, -0.2) is 11.8 Å². The van der Waals surface area contributed by atoms with Crippen molar-refractivity contribution in [1.29, 1.82) is 0 Å². The zero-order valence-corrected chi connectivity index (χ0v) is 10.0. The Morgan fingerprint density at radius 2 is 1.94 bits per heavy atom. The van der Waals surface area contributed by atoms with Crippen molar-refractivity contribution in [2.45, 2.75) is 13.2 Å². The quantitative estimate of drug-likeness (QED) is 0.877. The maximum atomic E-state index is 9.10. The summed E-state index contributed by atoms with van der Waals surface area (Å²) in [6.07, 6.45) is 0. The highest BCUT2D eigenvalue weighted by atomic mass is 16.5. The van der Waals surface area contributed by atoms with Crippen molar-refractivity contribution in [3.8, 4) is 5.75 Å². The lowest BCUT2D eigenvalue weighted by molar-refractivity contribution is 0.274. The molecule has 3 heteroatoms.